The molecule has 0 spiro atoms. The molecule has 0 fully saturated rings. The van der Waals surface area contributed by atoms with Gasteiger partial charge in [0.05, 0.1) is 13.0 Å². The number of ether oxygens (including phenoxy) is 1. The zero-order valence-corrected chi connectivity index (χ0v) is 10.7. The number of esters is 1. The zero-order valence-electron chi connectivity index (χ0n) is 9.92. The Morgan fingerprint density at radius 2 is 2.19 bits per heavy atom. The highest BCUT2D eigenvalue weighted by molar-refractivity contribution is 6.31. The van der Waals surface area contributed by atoms with E-state index in [0.29, 0.717) is 0 Å². The molecule has 1 rings (SSSR count). The molecule has 0 radical (unpaired) electrons. The van der Waals surface area contributed by atoms with Crippen LogP contribution in [0.4, 0.5) is 0 Å². The summed E-state index contributed by atoms with van der Waals surface area (Å²) in [5.74, 6) is -0.502. The van der Waals surface area contributed by atoms with Crippen molar-refractivity contribution in [2.24, 2.45) is 0 Å². The number of halogens is 1. The van der Waals surface area contributed by atoms with Crippen molar-refractivity contribution >= 4 is 17.6 Å². The number of aryl methyl sites for hydroxylation is 1. The van der Waals surface area contributed by atoms with Gasteiger partial charge in [-0.25, -0.2) is 0 Å². The molecule has 0 aliphatic carbocycles. The van der Waals surface area contributed by atoms with Gasteiger partial charge in [0, 0.05) is 5.02 Å². The van der Waals surface area contributed by atoms with E-state index in [9.17, 15) is 4.79 Å². The van der Waals surface area contributed by atoms with Crippen LogP contribution >= 0.6 is 11.6 Å². The topological polar surface area (TPSA) is 26.3 Å². The number of carbonyl (C=O) groups is 1. The van der Waals surface area contributed by atoms with E-state index < -0.39 is 0 Å². The highest BCUT2D eigenvalue weighted by Gasteiger charge is 2.16. The standard InChI is InChI=1S/C13H17ClO2/c1-4-5-10-6-7-11(8-12(10)14)9(2)13(15)16-3/h6-9H,4-5H2,1-3H3. The van der Waals surface area contributed by atoms with Crippen LogP contribution in [0, 0.1) is 0 Å². The fraction of sp³-hybridized carbons (Fsp3) is 0.462. The highest BCUT2D eigenvalue weighted by atomic mass is 35.5. The molecule has 1 aromatic rings. The molecule has 0 saturated carbocycles. The summed E-state index contributed by atoms with van der Waals surface area (Å²) >= 11 is 6.15. The molecule has 1 unspecified atom stereocenters. The molecule has 0 aromatic heterocycles. The lowest BCUT2D eigenvalue weighted by atomic mass is 9.99. The number of methoxy groups -OCH3 is 1. The fourth-order valence-electron chi connectivity index (χ4n) is 1.62. The molecule has 88 valence electrons. The lowest BCUT2D eigenvalue weighted by Crippen LogP contribution is -2.10. The van der Waals surface area contributed by atoms with E-state index >= 15 is 0 Å². The highest BCUT2D eigenvalue weighted by Crippen LogP contribution is 2.24. The summed E-state index contributed by atoms with van der Waals surface area (Å²) in [5, 5.41) is 0.732. The lowest BCUT2D eigenvalue weighted by molar-refractivity contribution is -0.141. The number of rotatable bonds is 4. The molecule has 0 aliphatic rings. The summed E-state index contributed by atoms with van der Waals surface area (Å²) in [6.07, 6.45) is 2.03. The second-order valence-corrected chi connectivity index (χ2v) is 4.25. The van der Waals surface area contributed by atoms with Crippen molar-refractivity contribution in [1.29, 1.82) is 0 Å². The predicted molar refractivity (Wildman–Crippen MR) is 65.9 cm³/mol. The quantitative estimate of drug-likeness (QED) is 0.752. The molecule has 0 heterocycles. The van der Waals surface area contributed by atoms with Crippen LogP contribution in [0.5, 0.6) is 0 Å². The number of hydrogen-bond donors (Lipinski definition) is 0. The molecule has 2 nitrogen and oxygen atoms in total. The average Bonchev–Trinajstić information content (AvgIpc) is 2.30. The van der Waals surface area contributed by atoms with Crippen LogP contribution in [0.25, 0.3) is 0 Å². The summed E-state index contributed by atoms with van der Waals surface area (Å²) in [5.41, 5.74) is 2.03. The van der Waals surface area contributed by atoms with E-state index in [-0.39, 0.29) is 11.9 Å². The SMILES string of the molecule is CCCc1ccc(C(C)C(=O)OC)cc1Cl. The minimum absolute atomic E-state index is 0.237. The summed E-state index contributed by atoms with van der Waals surface area (Å²) in [6, 6.07) is 5.78. The van der Waals surface area contributed by atoms with Gasteiger partial charge in [0.2, 0.25) is 0 Å². The normalized spacial score (nSPS) is 12.2. The predicted octanol–water partition coefficient (Wildman–Crippen LogP) is 3.57. The Morgan fingerprint density at radius 1 is 1.50 bits per heavy atom. The third-order valence-corrected chi connectivity index (χ3v) is 3.00. The van der Waals surface area contributed by atoms with E-state index in [4.69, 9.17) is 16.3 Å². The van der Waals surface area contributed by atoms with Gasteiger partial charge >= 0.3 is 5.97 Å². The van der Waals surface area contributed by atoms with Crippen LogP contribution in [0.3, 0.4) is 0 Å². The maximum Gasteiger partial charge on any atom is 0.312 e. The first-order chi connectivity index (χ1) is 7.60. The maximum absolute atomic E-state index is 11.4. The first-order valence-electron chi connectivity index (χ1n) is 5.46. The molecule has 1 aromatic carbocycles. The van der Waals surface area contributed by atoms with Crippen molar-refractivity contribution in [2.75, 3.05) is 7.11 Å². The summed E-state index contributed by atoms with van der Waals surface area (Å²) in [7, 11) is 1.39. The molecule has 0 bridgehead atoms. The van der Waals surface area contributed by atoms with Gasteiger partial charge in [-0.1, -0.05) is 37.1 Å². The van der Waals surface area contributed by atoms with E-state index in [1.54, 1.807) is 0 Å². The van der Waals surface area contributed by atoms with Crippen LogP contribution < -0.4 is 0 Å². The molecular formula is C13H17ClO2. The summed E-state index contributed by atoms with van der Waals surface area (Å²) < 4.78 is 4.70. The molecule has 0 aliphatic heterocycles. The van der Waals surface area contributed by atoms with E-state index in [1.165, 1.54) is 7.11 Å². The van der Waals surface area contributed by atoms with E-state index in [0.717, 1.165) is 29.0 Å². The molecule has 0 saturated heterocycles. The van der Waals surface area contributed by atoms with Crippen molar-refractivity contribution in [3.05, 3.63) is 34.3 Å². The van der Waals surface area contributed by atoms with Crippen LogP contribution in [0.1, 0.15) is 37.3 Å². The Morgan fingerprint density at radius 3 is 2.69 bits per heavy atom. The second kappa shape index (κ2) is 5.90. The minimum atomic E-state index is -0.266. The Hall–Kier alpha value is -1.02. The second-order valence-electron chi connectivity index (χ2n) is 3.85. The van der Waals surface area contributed by atoms with Gasteiger partial charge in [0.1, 0.15) is 0 Å². The summed E-state index contributed by atoms with van der Waals surface area (Å²) in [6.45, 7) is 3.93. The van der Waals surface area contributed by atoms with Crippen molar-refractivity contribution in [3.63, 3.8) is 0 Å². The molecule has 1 atom stereocenters. The first-order valence-corrected chi connectivity index (χ1v) is 5.84. The lowest BCUT2D eigenvalue weighted by Gasteiger charge is -2.11. The van der Waals surface area contributed by atoms with Gasteiger partial charge in [-0.2, -0.15) is 0 Å². The van der Waals surface area contributed by atoms with Crippen LogP contribution in [-0.4, -0.2) is 13.1 Å². The van der Waals surface area contributed by atoms with E-state index in [1.807, 2.05) is 25.1 Å². The number of carbonyl (C=O) groups excluding carboxylic acids is 1. The minimum Gasteiger partial charge on any atom is -0.469 e. The number of benzene rings is 1. The zero-order chi connectivity index (χ0) is 12.1. The fourth-order valence-corrected chi connectivity index (χ4v) is 1.90. The monoisotopic (exact) mass is 240 g/mol. The smallest absolute Gasteiger partial charge is 0.312 e. The Labute approximate surface area is 102 Å². The summed E-state index contributed by atoms with van der Waals surface area (Å²) in [4.78, 5) is 11.4. The van der Waals surface area contributed by atoms with Crippen molar-refractivity contribution in [1.82, 2.24) is 0 Å². The van der Waals surface area contributed by atoms with Crippen molar-refractivity contribution < 1.29 is 9.53 Å². The van der Waals surface area contributed by atoms with Crippen LogP contribution in [0.15, 0.2) is 18.2 Å². The average molecular weight is 241 g/mol. The number of hydrogen-bond acceptors (Lipinski definition) is 2. The third kappa shape index (κ3) is 2.99. The molecule has 16 heavy (non-hydrogen) atoms. The maximum atomic E-state index is 11.4. The Kier molecular flexibility index (Phi) is 4.81. The van der Waals surface area contributed by atoms with Gasteiger partial charge < -0.3 is 4.74 Å². The van der Waals surface area contributed by atoms with Crippen LogP contribution in [0.2, 0.25) is 5.02 Å². The van der Waals surface area contributed by atoms with Gasteiger partial charge in [-0.3, -0.25) is 4.79 Å². The Bertz CT molecular complexity index is 374. The molecular weight excluding hydrogens is 224 g/mol. The molecule has 3 heteroatoms. The van der Waals surface area contributed by atoms with Gasteiger partial charge in [-0.05, 0) is 30.5 Å². The van der Waals surface area contributed by atoms with Gasteiger partial charge in [0.15, 0.2) is 0 Å². The third-order valence-electron chi connectivity index (χ3n) is 2.65. The van der Waals surface area contributed by atoms with E-state index in [2.05, 4.69) is 6.92 Å². The van der Waals surface area contributed by atoms with Crippen molar-refractivity contribution in [3.8, 4) is 0 Å². The molecule has 0 amide bonds. The molecule has 0 N–H and O–H groups in total. The first kappa shape index (κ1) is 13.0. The Balaban J connectivity index is 2.92. The largest absolute Gasteiger partial charge is 0.469 e. The van der Waals surface area contributed by atoms with Gasteiger partial charge in [-0.15, -0.1) is 0 Å². The van der Waals surface area contributed by atoms with Crippen LogP contribution in [-0.2, 0) is 16.0 Å². The van der Waals surface area contributed by atoms with Gasteiger partial charge in [0.25, 0.3) is 0 Å². The van der Waals surface area contributed by atoms with Crippen molar-refractivity contribution in [2.45, 2.75) is 32.6 Å².